The fourth-order valence-electron chi connectivity index (χ4n) is 2.41. The maximum Gasteiger partial charge on any atom is 0.321 e. The van der Waals surface area contributed by atoms with E-state index >= 15 is 0 Å². The van der Waals surface area contributed by atoms with E-state index in [0.29, 0.717) is 23.0 Å². The van der Waals surface area contributed by atoms with Crippen molar-refractivity contribution in [1.82, 2.24) is 9.88 Å². The average molecular weight is 352 g/mol. The number of anilines is 1. The summed E-state index contributed by atoms with van der Waals surface area (Å²) in [6.45, 7) is 0.683. The molecule has 1 saturated heterocycles. The lowest BCUT2D eigenvalue weighted by Crippen LogP contribution is -2.33. The number of nitrogens with zero attached hydrogens (tertiary/aromatic N) is 2. The summed E-state index contributed by atoms with van der Waals surface area (Å²) in [5.41, 5.74) is 1.35. The van der Waals surface area contributed by atoms with Gasteiger partial charge in [0.15, 0.2) is 0 Å². The summed E-state index contributed by atoms with van der Waals surface area (Å²) in [5, 5.41) is 11.7. The van der Waals surface area contributed by atoms with E-state index in [-0.39, 0.29) is 12.6 Å². The summed E-state index contributed by atoms with van der Waals surface area (Å²) in [6, 6.07) is 6.97. The van der Waals surface area contributed by atoms with Crippen LogP contribution in [-0.2, 0) is 4.79 Å². The van der Waals surface area contributed by atoms with E-state index < -0.39 is 11.9 Å². The molecule has 0 aliphatic carbocycles. The van der Waals surface area contributed by atoms with E-state index in [0.717, 1.165) is 10.6 Å². The van der Waals surface area contributed by atoms with Crippen molar-refractivity contribution in [2.24, 2.45) is 5.92 Å². The maximum atomic E-state index is 12.1. The van der Waals surface area contributed by atoms with E-state index in [2.05, 4.69) is 10.3 Å². The van der Waals surface area contributed by atoms with Crippen molar-refractivity contribution in [2.45, 2.75) is 6.42 Å². The fraction of sp³-hybridized carbons (Fsp3) is 0.267. The number of carbonyl (C=O) groups is 2. The first-order chi connectivity index (χ1) is 11.0. The van der Waals surface area contributed by atoms with Crippen LogP contribution < -0.4 is 5.32 Å². The van der Waals surface area contributed by atoms with E-state index in [9.17, 15) is 9.59 Å². The zero-order valence-corrected chi connectivity index (χ0v) is 13.6. The number of hydrogen-bond acceptors (Lipinski definition) is 4. The molecule has 2 amide bonds. The Kier molecular flexibility index (Phi) is 4.49. The Labute approximate surface area is 141 Å². The number of thiophene rings is 1. The number of carboxylic acid groups (broad SMARTS) is 1. The van der Waals surface area contributed by atoms with Crippen LogP contribution in [0.15, 0.2) is 30.5 Å². The fourth-order valence-corrected chi connectivity index (χ4v) is 3.43. The van der Waals surface area contributed by atoms with Gasteiger partial charge >= 0.3 is 12.0 Å². The number of amides is 2. The second-order valence-electron chi connectivity index (χ2n) is 5.24. The van der Waals surface area contributed by atoms with Crippen LogP contribution in [0.25, 0.3) is 10.6 Å². The molecule has 120 valence electrons. The highest BCUT2D eigenvalue weighted by Gasteiger charge is 2.30. The van der Waals surface area contributed by atoms with Gasteiger partial charge in [-0.3, -0.25) is 9.78 Å². The van der Waals surface area contributed by atoms with Crippen molar-refractivity contribution >= 4 is 40.6 Å². The lowest BCUT2D eigenvalue weighted by atomic mass is 10.1. The molecule has 2 aromatic heterocycles. The van der Waals surface area contributed by atoms with Gasteiger partial charge in [-0.05, 0) is 30.7 Å². The number of aliphatic carboxylic acids is 1. The van der Waals surface area contributed by atoms with Crippen LogP contribution in [0.5, 0.6) is 0 Å². The van der Waals surface area contributed by atoms with Crippen LogP contribution >= 0.6 is 22.9 Å². The van der Waals surface area contributed by atoms with Crippen molar-refractivity contribution in [3.05, 3.63) is 34.8 Å². The van der Waals surface area contributed by atoms with Gasteiger partial charge < -0.3 is 15.3 Å². The highest BCUT2D eigenvalue weighted by atomic mass is 35.5. The van der Waals surface area contributed by atoms with Gasteiger partial charge in [-0.1, -0.05) is 11.6 Å². The van der Waals surface area contributed by atoms with Crippen molar-refractivity contribution in [2.75, 3.05) is 18.4 Å². The van der Waals surface area contributed by atoms with Gasteiger partial charge in [0, 0.05) is 13.1 Å². The van der Waals surface area contributed by atoms with Gasteiger partial charge in [0.25, 0.3) is 0 Å². The van der Waals surface area contributed by atoms with Gasteiger partial charge in [-0.2, -0.15) is 0 Å². The normalized spacial score (nSPS) is 17.3. The molecule has 1 fully saturated rings. The number of likely N-dealkylation sites (tertiary alicyclic amines) is 1. The number of hydrogen-bond donors (Lipinski definition) is 2. The second-order valence-corrected chi connectivity index (χ2v) is 6.95. The predicted octanol–water partition coefficient (Wildman–Crippen LogP) is 3.40. The third-order valence-electron chi connectivity index (χ3n) is 3.67. The van der Waals surface area contributed by atoms with Gasteiger partial charge in [-0.15, -0.1) is 11.3 Å². The molecule has 0 aromatic carbocycles. The lowest BCUT2D eigenvalue weighted by Gasteiger charge is -2.16. The van der Waals surface area contributed by atoms with Gasteiger partial charge in [0.05, 0.1) is 32.7 Å². The van der Waals surface area contributed by atoms with Crippen LogP contribution in [-0.4, -0.2) is 40.1 Å². The molecular weight excluding hydrogens is 338 g/mol. The second kappa shape index (κ2) is 6.55. The SMILES string of the molecule is O=C(O)C1CCN(C(=O)Nc2ccc(-c3ccc(Cl)s3)nc2)C1. The molecule has 0 spiro atoms. The molecule has 0 radical (unpaired) electrons. The number of halogens is 1. The number of carbonyl (C=O) groups excluding carboxylic acids is 1. The van der Waals surface area contributed by atoms with Crippen molar-refractivity contribution in [1.29, 1.82) is 0 Å². The molecule has 0 saturated carbocycles. The molecule has 3 heterocycles. The number of rotatable bonds is 3. The van der Waals surface area contributed by atoms with Crippen LogP contribution in [0.3, 0.4) is 0 Å². The van der Waals surface area contributed by atoms with Crippen LogP contribution in [0.2, 0.25) is 4.34 Å². The molecule has 3 rings (SSSR count). The molecule has 6 nitrogen and oxygen atoms in total. The molecule has 0 bridgehead atoms. The van der Waals surface area contributed by atoms with Gasteiger partial charge in [0.1, 0.15) is 0 Å². The minimum atomic E-state index is -0.860. The standard InChI is InChI=1S/C15H14ClN3O3S/c16-13-4-3-12(23-13)11-2-1-10(7-17-11)18-15(22)19-6-5-9(8-19)14(20)21/h1-4,7,9H,5-6,8H2,(H,18,22)(H,20,21). The highest BCUT2D eigenvalue weighted by molar-refractivity contribution is 7.19. The molecule has 1 atom stereocenters. The zero-order chi connectivity index (χ0) is 16.4. The number of nitrogens with one attached hydrogen (secondary N) is 1. The summed E-state index contributed by atoms with van der Waals surface area (Å²) in [6.07, 6.45) is 2.06. The van der Waals surface area contributed by atoms with E-state index in [1.54, 1.807) is 12.3 Å². The Morgan fingerprint density at radius 1 is 1.35 bits per heavy atom. The Morgan fingerprint density at radius 2 is 2.17 bits per heavy atom. The molecule has 23 heavy (non-hydrogen) atoms. The third-order valence-corrected chi connectivity index (χ3v) is 4.92. The van der Waals surface area contributed by atoms with E-state index in [1.807, 2.05) is 18.2 Å². The quantitative estimate of drug-likeness (QED) is 0.887. The summed E-state index contributed by atoms with van der Waals surface area (Å²) in [5.74, 6) is -1.34. The monoisotopic (exact) mass is 351 g/mol. The number of aromatic nitrogens is 1. The topological polar surface area (TPSA) is 82.5 Å². The lowest BCUT2D eigenvalue weighted by molar-refractivity contribution is -0.141. The van der Waals surface area contributed by atoms with Gasteiger partial charge in [-0.25, -0.2) is 4.79 Å². The number of urea groups is 1. The van der Waals surface area contributed by atoms with Crippen molar-refractivity contribution in [3.63, 3.8) is 0 Å². The highest BCUT2D eigenvalue weighted by Crippen LogP contribution is 2.30. The molecule has 1 aliphatic rings. The summed E-state index contributed by atoms with van der Waals surface area (Å²) in [7, 11) is 0. The molecule has 2 aromatic rings. The molecular formula is C15H14ClN3O3S. The van der Waals surface area contributed by atoms with Crippen molar-refractivity contribution in [3.8, 4) is 10.6 Å². The molecule has 1 unspecified atom stereocenters. The first kappa shape index (κ1) is 15.8. The third kappa shape index (κ3) is 3.62. The Balaban J connectivity index is 1.62. The average Bonchev–Trinajstić information content (AvgIpc) is 3.17. The first-order valence-corrected chi connectivity index (χ1v) is 8.23. The largest absolute Gasteiger partial charge is 0.481 e. The van der Waals surface area contributed by atoms with Crippen LogP contribution in [0.4, 0.5) is 10.5 Å². The Bertz CT molecular complexity index is 732. The van der Waals surface area contributed by atoms with Crippen molar-refractivity contribution < 1.29 is 14.7 Å². The van der Waals surface area contributed by atoms with Gasteiger partial charge in [0.2, 0.25) is 0 Å². The Morgan fingerprint density at radius 3 is 2.74 bits per heavy atom. The molecule has 1 aliphatic heterocycles. The Hall–Kier alpha value is -2.12. The van der Waals surface area contributed by atoms with Crippen LogP contribution in [0, 0.1) is 5.92 Å². The van der Waals surface area contributed by atoms with E-state index in [4.69, 9.17) is 16.7 Å². The molecule has 8 heteroatoms. The maximum absolute atomic E-state index is 12.1. The summed E-state index contributed by atoms with van der Waals surface area (Å²) >= 11 is 7.34. The predicted molar refractivity (Wildman–Crippen MR) is 88.9 cm³/mol. The smallest absolute Gasteiger partial charge is 0.321 e. The van der Waals surface area contributed by atoms with E-state index in [1.165, 1.54) is 16.2 Å². The summed E-state index contributed by atoms with van der Waals surface area (Å²) < 4.78 is 0.696. The summed E-state index contributed by atoms with van der Waals surface area (Å²) in [4.78, 5) is 29.8. The molecule has 2 N–H and O–H groups in total. The minimum absolute atomic E-state index is 0.236. The number of carboxylic acids is 1. The zero-order valence-electron chi connectivity index (χ0n) is 12.0. The van der Waals surface area contributed by atoms with Crippen LogP contribution in [0.1, 0.15) is 6.42 Å². The number of pyridine rings is 1. The first-order valence-electron chi connectivity index (χ1n) is 7.03. The minimum Gasteiger partial charge on any atom is -0.481 e.